The molecule has 0 saturated carbocycles. The van der Waals surface area contributed by atoms with Gasteiger partial charge in [-0.1, -0.05) is 13.0 Å². The third-order valence-electron chi connectivity index (χ3n) is 3.80. The predicted molar refractivity (Wildman–Crippen MR) is 86.9 cm³/mol. The Morgan fingerprint density at radius 3 is 2.48 bits per heavy atom. The van der Waals surface area contributed by atoms with Crippen LogP contribution in [0.4, 0.5) is 0 Å². The fourth-order valence-electron chi connectivity index (χ4n) is 2.18. The van der Waals surface area contributed by atoms with Crippen molar-refractivity contribution in [3.63, 3.8) is 0 Å². The van der Waals surface area contributed by atoms with Crippen LogP contribution in [-0.4, -0.2) is 11.0 Å². The van der Waals surface area contributed by atoms with Gasteiger partial charge in [-0.3, -0.25) is 0 Å². The summed E-state index contributed by atoms with van der Waals surface area (Å²) < 4.78 is 5.89. The molecule has 2 aromatic rings. The Bertz CT molecular complexity index is 623. The van der Waals surface area contributed by atoms with E-state index in [0.29, 0.717) is 5.88 Å². The van der Waals surface area contributed by atoms with Crippen LogP contribution in [0.25, 0.3) is 0 Å². The average Bonchev–Trinajstić information content (AvgIpc) is 2.45. The van der Waals surface area contributed by atoms with Gasteiger partial charge in [0.15, 0.2) is 0 Å². The zero-order valence-electron chi connectivity index (χ0n) is 13.3. The minimum Gasteiger partial charge on any atom is -0.439 e. The molecule has 3 nitrogen and oxygen atoms in total. The van der Waals surface area contributed by atoms with Gasteiger partial charge in [-0.25, -0.2) is 4.98 Å². The number of ether oxygens (including phenoxy) is 1. The van der Waals surface area contributed by atoms with Crippen molar-refractivity contribution in [2.24, 2.45) is 5.73 Å². The second kappa shape index (κ2) is 6.72. The lowest BCUT2D eigenvalue weighted by Crippen LogP contribution is -2.21. The summed E-state index contributed by atoms with van der Waals surface area (Å²) in [6.45, 7) is 8.29. The van der Waals surface area contributed by atoms with Gasteiger partial charge in [0.05, 0.1) is 0 Å². The van der Waals surface area contributed by atoms with Crippen molar-refractivity contribution in [1.82, 2.24) is 4.98 Å². The lowest BCUT2D eigenvalue weighted by Gasteiger charge is -2.12. The van der Waals surface area contributed by atoms with Crippen molar-refractivity contribution in [3.05, 3.63) is 52.7 Å². The van der Waals surface area contributed by atoms with Gasteiger partial charge >= 0.3 is 0 Å². The number of aryl methyl sites for hydroxylation is 3. The molecule has 2 rings (SSSR count). The van der Waals surface area contributed by atoms with E-state index in [-0.39, 0.29) is 6.04 Å². The molecule has 0 aliphatic rings. The Kier molecular flexibility index (Phi) is 4.97. The minimum absolute atomic E-state index is 0.192. The molecule has 3 heteroatoms. The Balaban J connectivity index is 2.15. The van der Waals surface area contributed by atoms with E-state index in [1.54, 1.807) is 0 Å². The molecule has 1 aromatic heterocycles. The summed E-state index contributed by atoms with van der Waals surface area (Å²) in [4.78, 5) is 4.44. The highest BCUT2D eigenvalue weighted by Gasteiger charge is 2.08. The average molecular weight is 284 g/mol. The van der Waals surface area contributed by atoms with Crippen LogP contribution in [0.5, 0.6) is 11.6 Å². The summed E-state index contributed by atoms with van der Waals surface area (Å²) in [5, 5.41) is 0. The molecular formula is C18H24N2O. The van der Waals surface area contributed by atoms with E-state index in [9.17, 15) is 0 Å². The first-order valence-electron chi connectivity index (χ1n) is 7.45. The van der Waals surface area contributed by atoms with Crippen LogP contribution in [0, 0.1) is 20.8 Å². The van der Waals surface area contributed by atoms with E-state index < -0.39 is 0 Å². The molecule has 2 N–H and O–H groups in total. The minimum atomic E-state index is 0.192. The van der Waals surface area contributed by atoms with E-state index in [0.717, 1.165) is 29.7 Å². The zero-order chi connectivity index (χ0) is 15.4. The normalized spacial score (nSPS) is 12.2. The van der Waals surface area contributed by atoms with Crippen LogP contribution >= 0.6 is 0 Å². The summed E-state index contributed by atoms with van der Waals surface area (Å²) in [6.07, 6.45) is 3.69. The number of rotatable bonds is 5. The number of nitrogens with zero attached hydrogens (tertiary/aromatic N) is 1. The third kappa shape index (κ3) is 4.05. The van der Waals surface area contributed by atoms with Crippen molar-refractivity contribution in [2.45, 2.75) is 46.6 Å². The van der Waals surface area contributed by atoms with Crippen molar-refractivity contribution in [1.29, 1.82) is 0 Å². The second-order valence-corrected chi connectivity index (χ2v) is 5.69. The maximum atomic E-state index is 5.99. The molecule has 0 spiro atoms. The predicted octanol–water partition coefficient (Wildman–Crippen LogP) is 4.08. The maximum Gasteiger partial charge on any atom is 0.222 e. The smallest absolute Gasteiger partial charge is 0.222 e. The van der Waals surface area contributed by atoms with E-state index in [4.69, 9.17) is 10.5 Å². The molecule has 0 aliphatic heterocycles. The molecule has 1 atom stereocenters. The Morgan fingerprint density at radius 2 is 1.86 bits per heavy atom. The fourth-order valence-corrected chi connectivity index (χ4v) is 2.18. The zero-order valence-corrected chi connectivity index (χ0v) is 13.3. The molecule has 1 unspecified atom stereocenters. The van der Waals surface area contributed by atoms with E-state index in [1.807, 2.05) is 25.3 Å². The molecule has 0 amide bonds. The van der Waals surface area contributed by atoms with Gasteiger partial charge in [0, 0.05) is 17.8 Å². The largest absolute Gasteiger partial charge is 0.439 e. The number of nitrogens with two attached hydrogens (primary N) is 1. The van der Waals surface area contributed by atoms with Crippen LogP contribution in [0.3, 0.4) is 0 Å². The molecule has 1 heterocycles. The first kappa shape index (κ1) is 15.5. The molecule has 112 valence electrons. The second-order valence-electron chi connectivity index (χ2n) is 5.69. The Morgan fingerprint density at radius 1 is 1.10 bits per heavy atom. The molecule has 0 aliphatic carbocycles. The van der Waals surface area contributed by atoms with Crippen molar-refractivity contribution < 1.29 is 4.74 Å². The third-order valence-corrected chi connectivity index (χ3v) is 3.80. The summed E-state index contributed by atoms with van der Waals surface area (Å²) in [6, 6.07) is 8.38. The first-order chi connectivity index (χ1) is 9.99. The molecule has 0 saturated heterocycles. The van der Waals surface area contributed by atoms with Gasteiger partial charge in [-0.2, -0.15) is 0 Å². The summed E-state index contributed by atoms with van der Waals surface area (Å²) in [5.74, 6) is 1.48. The van der Waals surface area contributed by atoms with Crippen molar-refractivity contribution in [2.75, 3.05) is 0 Å². The number of hydrogen-bond donors (Lipinski definition) is 1. The quantitative estimate of drug-likeness (QED) is 0.900. The molecule has 21 heavy (non-hydrogen) atoms. The molecule has 0 radical (unpaired) electrons. The van der Waals surface area contributed by atoms with Crippen LogP contribution in [0.1, 0.15) is 35.6 Å². The topological polar surface area (TPSA) is 48.1 Å². The summed E-state index contributed by atoms with van der Waals surface area (Å²) in [7, 11) is 0. The Labute approximate surface area is 127 Å². The van der Waals surface area contributed by atoms with Crippen molar-refractivity contribution in [3.8, 4) is 11.6 Å². The van der Waals surface area contributed by atoms with Crippen LogP contribution in [0.2, 0.25) is 0 Å². The molecule has 0 fully saturated rings. The highest BCUT2D eigenvalue weighted by molar-refractivity contribution is 5.38. The molecular weight excluding hydrogens is 260 g/mol. The highest BCUT2D eigenvalue weighted by Crippen LogP contribution is 2.25. The van der Waals surface area contributed by atoms with Gasteiger partial charge < -0.3 is 10.5 Å². The lowest BCUT2D eigenvalue weighted by atomic mass is 10.1. The van der Waals surface area contributed by atoms with E-state index in [1.165, 1.54) is 11.1 Å². The monoisotopic (exact) mass is 284 g/mol. The first-order valence-corrected chi connectivity index (χ1v) is 7.45. The van der Waals surface area contributed by atoms with Crippen LogP contribution in [-0.2, 0) is 6.42 Å². The standard InChI is InChI=1S/C18H24N2O/c1-5-16(19)10-15-8-14(4)18(20-11-15)21-17-7-6-12(2)13(3)9-17/h6-9,11,16H,5,10,19H2,1-4H3. The van der Waals surface area contributed by atoms with Crippen molar-refractivity contribution >= 4 is 0 Å². The number of hydrogen-bond acceptors (Lipinski definition) is 3. The van der Waals surface area contributed by atoms with Gasteiger partial charge in [-0.05, 0) is 68.5 Å². The van der Waals surface area contributed by atoms with E-state index >= 15 is 0 Å². The van der Waals surface area contributed by atoms with Gasteiger partial charge in [0.1, 0.15) is 5.75 Å². The summed E-state index contributed by atoms with van der Waals surface area (Å²) >= 11 is 0. The van der Waals surface area contributed by atoms with Crippen LogP contribution in [0.15, 0.2) is 30.5 Å². The maximum absolute atomic E-state index is 5.99. The van der Waals surface area contributed by atoms with Crippen LogP contribution < -0.4 is 10.5 Å². The number of aromatic nitrogens is 1. The number of pyridine rings is 1. The van der Waals surface area contributed by atoms with Gasteiger partial charge in [-0.15, -0.1) is 0 Å². The number of benzene rings is 1. The lowest BCUT2D eigenvalue weighted by molar-refractivity contribution is 0.457. The molecule has 0 bridgehead atoms. The van der Waals surface area contributed by atoms with Gasteiger partial charge in [0.25, 0.3) is 0 Å². The Hall–Kier alpha value is -1.87. The highest BCUT2D eigenvalue weighted by atomic mass is 16.5. The molecule has 1 aromatic carbocycles. The summed E-state index contributed by atoms with van der Waals surface area (Å²) in [5.41, 5.74) is 10.7. The fraction of sp³-hybridized carbons (Fsp3) is 0.389. The van der Waals surface area contributed by atoms with Gasteiger partial charge in [0.2, 0.25) is 5.88 Å². The SMILES string of the molecule is CCC(N)Cc1cnc(Oc2ccc(C)c(C)c2)c(C)c1. The van der Waals surface area contributed by atoms with E-state index in [2.05, 4.69) is 37.9 Å².